The minimum atomic E-state index is 0.0989. The molecule has 7 nitrogen and oxygen atoms in total. The van der Waals surface area contributed by atoms with Gasteiger partial charge in [-0.3, -0.25) is 9.69 Å². The number of carbonyl (C=O) groups is 1. The minimum absolute atomic E-state index is 0.0989. The Balaban J connectivity index is 1.58. The Bertz CT molecular complexity index is 821. The number of amides is 1. The second-order valence-electron chi connectivity index (χ2n) is 9.05. The second-order valence-corrected chi connectivity index (χ2v) is 9.05. The molecule has 2 aromatic rings. The second kappa shape index (κ2) is 9.60. The summed E-state index contributed by atoms with van der Waals surface area (Å²) in [4.78, 5) is 22.0. The maximum absolute atomic E-state index is 13.3. The van der Waals surface area contributed by atoms with Gasteiger partial charge < -0.3 is 10.2 Å². The molecule has 1 fully saturated rings. The highest BCUT2D eigenvalue weighted by molar-refractivity contribution is 5.76. The van der Waals surface area contributed by atoms with Gasteiger partial charge in [0.2, 0.25) is 5.91 Å². The van der Waals surface area contributed by atoms with E-state index in [1.165, 1.54) is 24.7 Å². The third kappa shape index (κ3) is 5.01. The lowest BCUT2D eigenvalue weighted by molar-refractivity contribution is -0.133. The Morgan fingerprint density at radius 3 is 2.83 bits per heavy atom. The van der Waals surface area contributed by atoms with Crippen molar-refractivity contribution in [2.24, 2.45) is 5.92 Å². The van der Waals surface area contributed by atoms with Gasteiger partial charge in [-0.25, -0.2) is 9.67 Å². The summed E-state index contributed by atoms with van der Waals surface area (Å²) in [6, 6.07) is 9.40. The van der Waals surface area contributed by atoms with Gasteiger partial charge in [0.05, 0.1) is 0 Å². The Kier molecular flexibility index (Phi) is 6.67. The summed E-state index contributed by atoms with van der Waals surface area (Å²) in [5.74, 6) is 0.789. The standard InChI is InChI=1S/C23H34N6O/c1-18(2)10-12-29-20-7-8-21(29)14-27(23(30)15-28-17-24-16-26-28)13-19-5-3-4-6-22(19)25-11-9-20/h3-6,16-18,20-21,25H,7-15H2,1-2H3/t20-,21+/m1/s1. The van der Waals surface area contributed by atoms with Crippen LogP contribution in [-0.2, 0) is 17.9 Å². The fourth-order valence-electron chi connectivity index (χ4n) is 4.76. The molecule has 1 N–H and O–H groups in total. The molecule has 1 saturated heterocycles. The quantitative estimate of drug-likeness (QED) is 0.821. The van der Waals surface area contributed by atoms with E-state index in [9.17, 15) is 4.79 Å². The third-order valence-corrected chi connectivity index (χ3v) is 6.46. The number of para-hydroxylation sites is 1. The number of hydrogen-bond donors (Lipinski definition) is 1. The maximum Gasteiger partial charge on any atom is 0.244 e. The van der Waals surface area contributed by atoms with Crippen LogP contribution in [0.1, 0.15) is 45.1 Å². The molecule has 0 radical (unpaired) electrons. The molecule has 2 atom stereocenters. The molecule has 7 heteroatoms. The van der Waals surface area contributed by atoms with Crippen molar-refractivity contribution in [2.45, 2.75) is 64.7 Å². The lowest BCUT2D eigenvalue weighted by atomic mass is 10.1. The summed E-state index contributed by atoms with van der Waals surface area (Å²) < 4.78 is 1.62. The summed E-state index contributed by atoms with van der Waals surface area (Å²) in [6.45, 7) is 8.30. The average molecular weight is 411 g/mol. The molecule has 1 aromatic carbocycles. The zero-order valence-corrected chi connectivity index (χ0v) is 18.2. The molecular formula is C23H34N6O. The van der Waals surface area contributed by atoms with Crippen LogP contribution >= 0.6 is 0 Å². The van der Waals surface area contributed by atoms with Crippen molar-refractivity contribution in [2.75, 3.05) is 25.0 Å². The molecule has 0 saturated carbocycles. The van der Waals surface area contributed by atoms with Crippen LogP contribution in [-0.4, -0.2) is 62.2 Å². The van der Waals surface area contributed by atoms with Gasteiger partial charge in [0, 0.05) is 37.4 Å². The Morgan fingerprint density at radius 2 is 2.03 bits per heavy atom. The minimum Gasteiger partial charge on any atom is -0.385 e. The average Bonchev–Trinajstić information content (AvgIpc) is 3.35. The number of aromatic nitrogens is 3. The normalized spacial score (nSPS) is 22.4. The summed E-state index contributed by atoms with van der Waals surface area (Å²) in [6.07, 6.45) is 7.83. The number of fused-ring (bicyclic) bond motifs is 3. The predicted octanol–water partition coefficient (Wildman–Crippen LogP) is 3.00. The van der Waals surface area contributed by atoms with Crippen LogP contribution in [0.2, 0.25) is 0 Å². The van der Waals surface area contributed by atoms with E-state index in [1.807, 2.05) is 4.90 Å². The lowest BCUT2D eigenvalue weighted by Crippen LogP contribution is -2.46. The first-order valence-corrected chi connectivity index (χ1v) is 11.3. The molecule has 3 heterocycles. The SMILES string of the molecule is CC(C)CCN1[C@H]2CCNc3ccccc3CN(C(=O)Cn3cncn3)C[C@@H]1CC2. The summed E-state index contributed by atoms with van der Waals surface area (Å²) in [7, 11) is 0. The first-order valence-electron chi connectivity index (χ1n) is 11.3. The molecular weight excluding hydrogens is 376 g/mol. The molecule has 30 heavy (non-hydrogen) atoms. The first-order chi connectivity index (χ1) is 14.6. The van der Waals surface area contributed by atoms with Gasteiger partial charge >= 0.3 is 0 Å². The van der Waals surface area contributed by atoms with Gasteiger partial charge in [-0.05, 0) is 49.8 Å². The molecule has 4 rings (SSSR count). The van der Waals surface area contributed by atoms with E-state index >= 15 is 0 Å². The molecule has 0 aliphatic carbocycles. The van der Waals surface area contributed by atoms with Crippen LogP contribution in [0.25, 0.3) is 0 Å². The van der Waals surface area contributed by atoms with E-state index in [2.05, 4.69) is 58.4 Å². The van der Waals surface area contributed by atoms with E-state index < -0.39 is 0 Å². The number of rotatable bonds is 5. The molecule has 0 spiro atoms. The van der Waals surface area contributed by atoms with Gasteiger partial charge in [-0.15, -0.1) is 0 Å². The zero-order chi connectivity index (χ0) is 20.9. The van der Waals surface area contributed by atoms with Crippen molar-refractivity contribution in [3.8, 4) is 0 Å². The molecule has 2 aliphatic heterocycles. The molecule has 1 amide bonds. The number of carbonyl (C=O) groups excluding carboxylic acids is 1. The lowest BCUT2D eigenvalue weighted by Gasteiger charge is -2.34. The monoisotopic (exact) mass is 410 g/mol. The molecule has 162 valence electrons. The van der Waals surface area contributed by atoms with Gasteiger partial charge in [-0.1, -0.05) is 32.0 Å². The fraction of sp³-hybridized carbons (Fsp3) is 0.609. The van der Waals surface area contributed by atoms with Crippen molar-refractivity contribution < 1.29 is 4.79 Å². The maximum atomic E-state index is 13.3. The number of nitrogens with one attached hydrogen (secondary N) is 1. The van der Waals surface area contributed by atoms with E-state index in [-0.39, 0.29) is 12.5 Å². The summed E-state index contributed by atoms with van der Waals surface area (Å²) in [5.41, 5.74) is 2.32. The van der Waals surface area contributed by atoms with E-state index in [0.717, 1.165) is 38.2 Å². The highest BCUT2D eigenvalue weighted by Crippen LogP contribution is 2.30. The van der Waals surface area contributed by atoms with Crippen LogP contribution in [0.15, 0.2) is 36.9 Å². The Hall–Kier alpha value is -2.41. The van der Waals surface area contributed by atoms with Crippen molar-refractivity contribution in [1.82, 2.24) is 24.6 Å². The van der Waals surface area contributed by atoms with Crippen LogP contribution < -0.4 is 5.32 Å². The van der Waals surface area contributed by atoms with Crippen molar-refractivity contribution in [1.29, 1.82) is 0 Å². The van der Waals surface area contributed by atoms with Crippen molar-refractivity contribution in [3.63, 3.8) is 0 Å². The molecule has 2 bridgehead atoms. The molecule has 2 aliphatic rings. The Morgan fingerprint density at radius 1 is 1.20 bits per heavy atom. The number of nitrogens with zero attached hydrogens (tertiary/aromatic N) is 5. The van der Waals surface area contributed by atoms with Gasteiger partial charge in [0.1, 0.15) is 19.2 Å². The van der Waals surface area contributed by atoms with Crippen LogP contribution in [0, 0.1) is 5.92 Å². The summed E-state index contributed by atoms with van der Waals surface area (Å²) >= 11 is 0. The van der Waals surface area contributed by atoms with Crippen molar-refractivity contribution in [3.05, 3.63) is 42.5 Å². The van der Waals surface area contributed by atoms with E-state index in [4.69, 9.17) is 0 Å². The number of anilines is 1. The van der Waals surface area contributed by atoms with Crippen molar-refractivity contribution >= 4 is 11.6 Å². The predicted molar refractivity (Wildman–Crippen MR) is 118 cm³/mol. The zero-order valence-electron chi connectivity index (χ0n) is 18.2. The first kappa shape index (κ1) is 20.8. The highest BCUT2D eigenvalue weighted by Gasteiger charge is 2.35. The van der Waals surface area contributed by atoms with E-state index in [1.54, 1.807) is 11.0 Å². The van der Waals surface area contributed by atoms with Crippen LogP contribution in [0.4, 0.5) is 5.69 Å². The van der Waals surface area contributed by atoms with Crippen LogP contribution in [0.5, 0.6) is 0 Å². The Labute approximate surface area is 179 Å². The smallest absolute Gasteiger partial charge is 0.244 e. The molecule has 0 unspecified atom stereocenters. The topological polar surface area (TPSA) is 66.3 Å². The third-order valence-electron chi connectivity index (χ3n) is 6.46. The van der Waals surface area contributed by atoms with Gasteiger partial charge in [-0.2, -0.15) is 5.10 Å². The largest absolute Gasteiger partial charge is 0.385 e. The fourth-order valence-corrected chi connectivity index (χ4v) is 4.76. The number of hydrogen-bond acceptors (Lipinski definition) is 5. The summed E-state index contributed by atoms with van der Waals surface area (Å²) in [5, 5.41) is 7.77. The molecule has 1 aromatic heterocycles. The van der Waals surface area contributed by atoms with Crippen LogP contribution in [0.3, 0.4) is 0 Å². The van der Waals surface area contributed by atoms with Gasteiger partial charge in [0.25, 0.3) is 0 Å². The highest BCUT2D eigenvalue weighted by atomic mass is 16.2. The van der Waals surface area contributed by atoms with E-state index in [0.29, 0.717) is 24.5 Å². The number of benzene rings is 1. The van der Waals surface area contributed by atoms with Gasteiger partial charge in [0.15, 0.2) is 0 Å².